The van der Waals surface area contributed by atoms with E-state index in [-0.39, 0.29) is 0 Å². The lowest BCUT2D eigenvalue weighted by Crippen LogP contribution is -2.42. The molecule has 0 unspecified atom stereocenters. The number of hydrogen-bond acceptors (Lipinski definition) is 3. The zero-order chi connectivity index (χ0) is 15.2. The molecule has 0 saturated carbocycles. The van der Waals surface area contributed by atoms with Gasteiger partial charge in [-0.3, -0.25) is 14.8 Å². The first-order valence-electron chi connectivity index (χ1n) is 8.17. The Morgan fingerprint density at radius 2 is 1.77 bits per heavy atom. The predicted molar refractivity (Wildman–Crippen MR) is 90.4 cm³/mol. The van der Waals surface area contributed by atoms with Crippen molar-refractivity contribution in [1.29, 1.82) is 0 Å². The van der Waals surface area contributed by atoms with Crippen LogP contribution in [0.3, 0.4) is 0 Å². The maximum Gasteiger partial charge on any atom is 0.0312 e. The third-order valence-electron chi connectivity index (χ3n) is 4.58. The number of nitrogens with zero attached hydrogens (tertiary/aromatic N) is 3. The fourth-order valence-corrected chi connectivity index (χ4v) is 3.27. The van der Waals surface area contributed by atoms with Gasteiger partial charge in [-0.2, -0.15) is 0 Å². The Bertz CT molecular complexity index is 547. The Balaban J connectivity index is 1.47. The topological polar surface area (TPSA) is 19.4 Å². The summed E-state index contributed by atoms with van der Waals surface area (Å²) in [5.41, 5.74) is 2.72. The van der Waals surface area contributed by atoms with Crippen LogP contribution in [-0.2, 0) is 13.1 Å². The SMILES string of the molecule is CN(Cc1ccccc1)C1CCN(Cc2cccnc2)CC1. The van der Waals surface area contributed by atoms with E-state index in [0.717, 1.165) is 13.1 Å². The van der Waals surface area contributed by atoms with Crippen molar-refractivity contribution >= 4 is 0 Å². The predicted octanol–water partition coefficient (Wildman–Crippen LogP) is 3.18. The fraction of sp³-hybridized carbons (Fsp3) is 0.421. The fourth-order valence-electron chi connectivity index (χ4n) is 3.27. The zero-order valence-corrected chi connectivity index (χ0v) is 13.4. The zero-order valence-electron chi connectivity index (χ0n) is 13.4. The van der Waals surface area contributed by atoms with Gasteiger partial charge >= 0.3 is 0 Å². The smallest absolute Gasteiger partial charge is 0.0312 e. The van der Waals surface area contributed by atoms with Gasteiger partial charge in [0.2, 0.25) is 0 Å². The van der Waals surface area contributed by atoms with Gasteiger partial charge in [0.1, 0.15) is 0 Å². The van der Waals surface area contributed by atoms with Crippen molar-refractivity contribution in [3.05, 3.63) is 66.0 Å². The Morgan fingerprint density at radius 3 is 2.45 bits per heavy atom. The lowest BCUT2D eigenvalue weighted by molar-refractivity contribution is 0.119. The van der Waals surface area contributed by atoms with E-state index in [2.05, 4.69) is 58.2 Å². The first kappa shape index (κ1) is 15.2. The Hall–Kier alpha value is -1.71. The van der Waals surface area contributed by atoms with Crippen LogP contribution in [0.5, 0.6) is 0 Å². The molecule has 3 nitrogen and oxygen atoms in total. The molecule has 0 N–H and O–H groups in total. The summed E-state index contributed by atoms with van der Waals surface area (Å²) in [5.74, 6) is 0. The Kier molecular flexibility index (Phi) is 5.20. The molecule has 1 saturated heterocycles. The molecule has 1 aromatic heterocycles. The van der Waals surface area contributed by atoms with E-state index in [1.807, 2.05) is 18.5 Å². The highest BCUT2D eigenvalue weighted by Gasteiger charge is 2.22. The molecular formula is C19H25N3. The maximum absolute atomic E-state index is 4.21. The monoisotopic (exact) mass is 295 g/mol. The van der Waals surface area contributed by atoms with Crippen LogP contribution in [0.4, 0.5) is 0 Å². The number of rotatable bonds is 5. The first-order chi connectivity index (χ1) is 10.8. The van der Waals surface area contributed by atoms with E-state index in [0.29, 0.717) is 6.04 Å². The van der Waals surface area contributed by atoms with Gasteiger partial charge in [-0.25, -0.2) is 0 Å². The van der Waals surface area contributed by atoms with Gasteiger partial charge in [-0.1, -0.05) is 36.4 Å². The molecule has 2 heterocycles. The standard InChI is InChI=1S/C19H25N3/c1-21(15-17-6-3-2-4-7-17)19-9-12-22(13-10-19)16-18-8-5-11-20-14-18/h2-8,11,14,19H,9-10,12-13,15-16H2,1H3. The summed E-state index contributed by atoms with van der Waals surface area (Å²) < 4.78 is 0. The summed E-state index contributed by atoms with van der Waals surface area (Å²) in [4.78, 5) is 9.26. The van der Waals surface area contributed by atoms with Gasteiger partial charge in [0, 0.05) is 31.5 Å². The molecule has 0 radical (unpaired) electrons. The van der Waals surface area contributed by atoms with Gasteiger partial charge in [-0.15, -0.1) is 0 Å². The van der Waals surface area contributed by atoms with Crippen LogP contribution in [0, 0.1) is 0 Å². The molecule has 0 amide bonds. The second-order valence-electron chi connectivity index (χ2n) is 6.27. The number of benzene rings is 1. The normalized spacial score (nSPS) is 17.0. The van der Waals surface area contributed by atoms with Crippen LogP contribution < -0.4 is 0 Å². The number of piperidine rings is 1. The molecule has 0 aliphatic carbocycles. The highest BCUT2D eigenvalue weighted by atomic mass is 15.2. The molecule has 1 aliphatic rings. The van der Waals surface area contributed by atoms with Crippen molar-refractivity contribution in [3.63, 3.8) is 0 Å². The highest BCUT2D eigenvalue weighted by Crippen LogP contribution is 2.19. The van der Waals surface area contributed by atoms with E-state index in [1.165, 1.54) is 37.1 Å². The van der Waals surface area contributed by atoms with Crippen molar-refractivity contribution in [2.45, 2.75) is 32.0 Å². The van der Waals surface area contributed by atoms with Gasteiger partial charge < -0.3 is 0 Å². The Labute approximate surface area is 133 Å². The molecule has 116 valence electrons. The molecule has 1 fully saturated rings. The lowest BCUT2D eigenvalue weighted by atomic mass is 10.0. The average Bonchev–Trinajstić information content (AvgIpc) is 2.57. The largest absolute Gasteiger partial charge is 0.299 e. The minimum absolute atomic E-state index is 0.699. The third-order valence-corrected chi connectivity index (χ3v) is 4.58. The van der Waals surface area contributed by atoms with E-state index in [4.69, 9.17) is 0 Å². The molecule has 0 bridgehead atoms. The van der Waals surface area contributed by atoms with Crippen LogP contribution in [0.15, 0.2) is 54.9 Å². The molecule has 1 aromatic carbocycles. The van der Waals surface area contributed by atoms with Gasteiger partial charge in [-0.05, 0) is 50.2 Å². The van der Waals surface area contributed by atoms with Crippen LogP contribution in [0.25, 0.3) is 0 Å². The van der Waals surface area contributed by atoms with E-state index in [1.54, 1.807) is 0 Å². The second kappa shape index (κ2) is 7.52. The van der Waals surface area contributed by atoms with Crippen LogP contribution in [0.2, 0.25) is 0 Å². The van der Waals surface area contributed by atoms with Crippen LogP contribution in [-0.4, -0.2) is 41.0 Å². The second-order valence-corrected chi connectivity index (χ2v) is 6.27. The number of aromatic nitrogens is 1. The summed E-state index contributed by atoms with van der Waals surface area (Å²) in [5, 5.41) is 0. The van der Waals surface area contributed by atoms with Gasteiger partial charge in [0.15, 0.2) is 0 Å². The highest BCUT2D eigenvalue weighted by molar-refractivity contribution is 5.14. The summed E-state index contributed by atoms with van der Waals surface area (Å²) >= 11 is 0. The Morgan fingerprint density at radius 1 is 1.05 bits per heavy atom. The maximum atomic E-state index is 4.21. The minimum atomic E-state index is 0.699. The molecule has 1 aliphatic heterocycles. The summed E-state index contributed by atoms with van der Waals surface area (Å²) in [6.07, 6.45) is 6.33. The molecule has 0 spiro atoms. The van der Waals surface area contributed by atoms with Crippen molar-refractivity contribution in [2.24, 2.45) is 0 Å². The lowest BCUT2D eigenvalue weighted by Gasteiger charge is -2.36. The first-order valence-corrected chi connectivity index (χ1v) is 8.17. The van der Waals surface area contributed by atoms with E-state index < -0.39 is 0 Å². The number of pyridine rings is 1. The van der Waals surface area contributed by atoms with Crippen LogP contribution >= 0.6 is 0 Å². The molecule has 3 rings (SSSR count). The number of likely N-dealkylation sites (tertiary alicyclic amines) is 1. The molecule has 2 aromatic rings. The molecular weight excluding hydrogens is 270 g/mol. The molecule has 3 heteroatoms. The minimum Gasteiger partial charge on any atom is -0.299 e. The summed E-state index contributed by atoms with van der Waals surface area (Å²) in [6.45, 7) is 4.44. The van der Waals surface area contributed by atoms with Crippen molar-refractivity contribution < 1.29 is 0 Å². The molecule has 0 atom stereocenters. The summed E-state index contributed by atoms with van der Waals surface area (Å²) in [6, 6.07) is 15.7. The third kappa shape index (κ3) is 4.15. The average molecular weight is 295 g/mol. The molecule has 22 heavy (non-hydrogen) atoms. The van der Waals surface area contributed by atoms with Crippen molar-refractivity contribution in [1.82, 2.24) is 14.8 Å². The van der Waals surface area contributed by atoms with Crippen molar-refractivity contribution in [2.75, 3.05) is 20.1 Å². The van der Waals surface area contributed by atoms with E-state index in [9.17, 15) is 0 Å². The quantitative estimate of drug-likeness (QED) is 0.844. The van der Waals surface area contributed by atoms with Gasteiger partial charge in [0.25, 0.3) is 0 Å². The van der Waals surface area contributed by atoms with Crippen molar-refractivity contribution in [3.8, 4) is 0 Å². The van der Waals surface area contributed by atoms with E-state index >= 15 is 0 Å². The van der Waals surface area contributed by atoms with Crippen LogP contribution in [0.1, 0.15) is 24.0 Å². The number of hydrogen-bond donors (Lipinski definition) is 0. The summed E-state index contributed by atoms with van der Waals surface area (Å²) in [7, 11) is 2.26. The van der Waals surface area contributed by atoms with Gasteiger partial charge in [0.05, 0.1) is 0 Å².